The van der Waals surface area contributed by atoms with E-state index in [0.29, 0.717) is 12.0 Å². The Labute approximate surface area is 232 Å². The SMILES string of the molecule is O=S(=O)(O)c1ccc(OS(=O)(=O)c2c(C3CCCCC3)cc(C3CCCCC3)cc2C2CCCCC2)cc1F. The number of rotatable bonds is 7. The van der Waals surface area contributed by atoms with E-state index in [1.165, 1.54) is 24.8 Å². The minimum Gasteiger partial charge on any atom is -0.379 e. The Morgan fingerprint density at radius 2 is 1.13 bits per heavy atom. The summed E-state index contributed by atoms with van der Waals surface area (Å²) in [6, 6.07) is 6.87. The third-order valence-electron chi connectivity index (χ3n) is 8.97. The maximum absolute atomic E-state index is 14.5. The van der Waals surface area contributed by atoms with Gasteiger partial charge in [0.15, 0.2) is 0 Å². The quantitative estimate of drug-likeness (QED) is 0.264. The van der Waals surface area contributed by atoms with Crippen LogP contribution in [0.15, 0.2) is 40.1 Å². The van der Waals surface area contributed by atoms with Gasteiger partial charge in [-0.15, -0.1) is 0 Å². The first-order valence-electron chi connectivity index (χ1n) is 14.5. The molecule has 0 atom stereocenters. The summed E-state index contributed by atoms with van der Waals surface area (Å²) < 4.78 is 80.3. The van der Waals surface area contributed by atoms with E-state index in [2.05, 4.69) is 12.1 Å². The van der Waals surface area contributed by atoms with Crippen molar-refractivity contribution in [3.63, 3.8) is 0 Å². The molecular weight excluding hydrogens is 539 g/mol. The van der Waals surface area contributed by atoms with Gasteiger partial charge in [-0.3, -0.25) is 4.55 Å². The summed E-state index contributed by atoms with van der Waals surface area (Å²) in [6.45, 7) is 0. The largest absolute Gasteiger partial charge is 0.379 e. The first-order chi connectivity index (χ1) is 18.6. The maximum Gasteiger partial charge on any atom is 0.339 e. The van der Waals surface area contributed by atoms with Crippen molar-refractivity contribution < 1.29 is 30.0 Å². The number of hydrogen-bond donors (Lipinski definition) is 1. The minimum absolute atomic E-state index is 0.122. The van der Waals surface area contributed by atoms with Gasteiger partial charge < -0.3 is 4.18 Å². The lowest BCUT2D eigenvalue weighted by Crippen LogP contribution is -2.21. The summed E-state index contributed by atoms with van der Waals surface area (Å²) in [4.78, 5) is -0.685. The molecule has 0 aromatic heterocycles. The van der Waals surface area contributed by atoms with Gasteiger partial charge in [-0.2, -0.15) is 16.8 Å². The van der Waals surface area contributed by atoms with Crippen LogP contribution in [0.25, 0.3) is 0 Å². The summed E-state index contributed by atoms with van der Waals surface area (Å²) >= 11 is 0. The normalized spacial score (nSPS) is 20.7. The second-order valence-electron chi connectivity index (χ2n) is 11.6. The molecule has 214 valence electrons. The molecule has 3 aliphatic carbocycles. The molecule has 39 heavy (non-hydrogen) atoms. The van der Waals surface area contributed by atoms with Gasteiger partial charge in [0.2, 0.25) is 0 Å². The predicted molar refractivity (Wildman–Crippen MR) is 148 cm³/mol. The molecular formula is C30H39FO6S2. The molecule has 0 amide bonds. The lowest BCUT2D eigenvalue weighted by atomic mass is 9.76. The summed E-state index contributed by atoms with van der Waals surface area (Å²) in [5, 5.41) is 0. The van der Waals surface area contributed by atoms with E-state index in [4.69, 9.17) is 4.18 Å². The standard InChI is InChI=1S/C30H39FO6S2/c31-28-20-25(16-17-29(28)38(32,33)34)37-39(35,36)30-26(22-12-6-2-7-13-22)18-24(21-10-4-1-5-11-21)19-27(30)23-14-8-3-9-15-23/h16-23H,1-15H2,(H,32,33,34). The average Bonchev–Trinajstić information content (AvgIpc) is 2.93. The van der Waals surface area contributed by atoms with Crippen molar-refractivity contribution >= 4 is 20.2 Å². The maximum atomic E-state index is 14.5. The first kappa shape index (κ1) is 28.6. The van der Waals surface area contributed by atoms with E-state index in [9.17, 15) is 25.8 Å². The van der Waals surface area contributed by atoms with Gasteiger partial charge in [-0.1, -0.05) is 69.9 Å². The molecule has 0 saturated heterocycles. The van der Waals surface area contributed by atoms with Crippen LogP contribution in [0.3, 0.4) is 0 Å². The zero-order valence-electron chi connectivity index (χ0n) is 22.4. The second kappa shape index (κ2) is 11.9. The molecule has 2 aromatic rings. The summed E-state index contributed by atoms with van der Waals surface area (Å²) in [5.41, 5.74) is 2.93. The van der Waals surface area contributed by atoms with Crippen LogP contribution in [0.5, 0.6) is 5.75 Å². The fourth-order valence-electron chi connectivity index (χ4n) is 7.00. The Balaban J connectivity index is 1.63. The van der Waals surface area contributed by atoms with Crippen molar-refractivity contribution in [2.24, 2.45) is 0 Å². The molecule has 0 radical (unpaired) electrons. The van der Waals surface area contributed by atoms with E-state index < -0.39 is 30.9 Å². The predicted octanol–water partition coefficient (Wildman–Crippen LogP) is 7.98. The lowest BCUT2D eigenvalue weighted by Gasteiger charge is -2.32. The summed E-state index contributed by atoms with van der Waals surface area (Å²) in [7, 11) is -9.15. The van der Waals surface area contributed by atoms with Gasteiger partial charge in [0.1, 0.15) is 21.4 Å². The van der Waals surface area contributed by atoms with Crippen LogP contribution in [0.2, 0.25) is 0 Å². The van der Waals surface area contributed by atoms with Crippen molar-refractivity contribution in [2.75, 3.05) is 0 Å². The molecule has 0 aliphatic heterocycles. The fourth-order valence-corrected chi connectivity index (χ4v) is 9.02. The van der Waals surface area contributed by atoms with Gasteiger partial charge in [0.25, 0.3) is 10.1 Å². The zero-order chi connectivity index (χ0) is 27.6. The highest BCUT2D eigenvalue weighted by Gasteiger charge is 2.34. The zero-order valence-corrected chi connectivity index (χ0v) is 24.0. The molecule has 3 fully saturated rings. The highest BCUT2D eigenvalue weighted by atomic mass is 32.2. The number of hydrogen-bond acceptors (Lipinski definition) is 5. The van der Waals surface area contributed by atoms with Crippen LogP contribution in [-0.4, -0.2) is 21.4 Å². The van der Waals surface area contributed by atoms with Crippen LogP contribution in [0.4, 0.5) is 4.39 Å². The molecule has 6 nitrogen and oxygen atoms in total. The Hall–Kier alpha value is -1.97. The fraction of sp³-hybridized carbons (Fsp3) is 0.600. The number of halogens is 1. The monoisotopic (exact) mass is 578 g/mol. The summed E-state index contributed by atoms with van der Waals surface area (Å²) in [6.07, 6.45) is 16.1. The smallest absolute Gasteiger partial charge is 0.339 e. The van der Waals surface area contributed by atoms with E-state index in [-0.39, 0.29) is 22.5 Å². The van der Waals surface area contributed by atoms with Crippen molar-refractivity contribution in [1.82, 2.24) is 0 Å². The van der Waals surface area contributed by atoms with Crippen LogP contribution < -0.4 is 4.18 Å². The minimum atomic E-state index is -4.78. The summed E-state index contributed by atoms with van der Waals surface area (Å²) in [5.74, 6) is -0.908. The average molecular weight is 579 g/mol. The first-order valence-corrected chi connectivity index (χ1v) is 17.4. The van der Waals surface area contributed by atoms with Crippen molar-refractivity contribution in [3.05, 3.63) is 52.8 Å². The Morgan fingerprint density at radius 3 is 1.56 bits per heavy atom. The van der Waals surface area contributed by atoms with E-state index in [1.807, 2.05) is 0 Å². The highest BCUT2D eigenvalue weighted by Crippen LogP contribution is 2.46. The van der Waals surface area contributed by atoms with E-state index >= 15 is 0 Å². The molecule has 3 aliphatic rings. The van der Waals surface area contributed by atoms with Crippen LogP contribution >= 0.6 is 0 Å². The second-order valence-corrected chi connectivity index (χ2v) is 14.5. The van der Waals surface area contributed by atoms with Crippen molar-refractivity contribution in [3.8, 4) is 5.75 Å². The molecule has 0 heterocycles. The van der Waals surface area contributed by atoms with Crippen LogP contribution in [0.1, 0.15) is 131 Å². The molecule has 3 saturated carbocycles. The van der Waals surface area contributed by atoms with Crippen LogP contribution in [-0.2, 0) is 20.2 Å². The van der Waals surface area contributed by atoms with Gasteiger partial charge >= 0.3 is 10.1 Å². The third-order valence-corrected chi connectivity index (χ3v) is 11.2. The van der Waals surface area contributed by atoms with E-state index in [1.54, 1.807) is 0 Å². The highest BCUT2D eigenvalue weighted by molar-refractivity contribution is 7.87. The molecule has 0 bridgehead atoms. The molecule has 5 rings (SSSR count). The molecule has 2 aromatic carbocycles. The van der Waals surface area contributed by atoms with Gasteiger partial charge in [0, 0.05) is 6.07 Å². The Bertz CT molecular complexity index is 1350. The molecule has 0 unspecified atom stereocenters. The third kappa shape index (κ3) is 6.51. The lowest BCUT2D eigenvalue weighted by molar-refractivity contribution is 0.414. The number of benzene rings is 2. The Morgan fingerprint density at radius 1 is 0.667 bits per heavy atom. The topological polar surface area (TPSA) is 97.7 Å². The van der Waals surface area contributed by atoms with Crippen LogP contribution in [0, 0.1) is 5.82 Å². The van der Waals surface area contributed by atoms with Gasteiger partial charge in [-0.25, -0.2) is 4.39 Å². The van der Waals surface area contributed by atoms with Gasteiger partial charge in [0.05, 0.1) is 0 Å². The van der Waals surface area contributed by atoms with E-state index in [0.717, 1.165) is 100 Å². The van der Waals surface area contributed by atoms with Crippen molar-refractivity contribution in [1.29, 1.82) is 0 Å². The molecule has 0 spiro atoms. The van der Waals surface area contributed by atoms with Gasteiger partial charge in [-0.05, 0) is 85.1 Å². The van der Waals surface area contributed by atoms with Crippen molar-refractivity contribution in [2.45, 2.75) is 124 Å². The molecule has 9 heteroatoms. The Kier molecular flexibility index (Phi) is 8.69. The molecule has 1 N–H and O–H groups in total.